The van der Waals surface area contributed by atoms with E-state index in [1.54, 1.807) is 0 Å². The summed E-state index contributed by atoms with van der Waals surface area (Å²) in [7, 11) is 2.11. The molecule has 1 aliphatic heterocycles. The summed E-state index contributed by atoms with van der Waals surface area (Å²) in [6.07, 6.45) is 1.01. The van der Waals surface area contributed by atoms with Crippen LogP contribution in [0.4, 0.5) is 11.4 Å². The van der Waals surface area contributed by atoms with E-state index in [2.05, 4.69) is 42.0 Å². The van der Waals surface area contributed by atoms with E-state index in [0.717, 1.165) is 24.4 Å². The molecule has 0 atom stereocenters. The summed E-state index contributed by atoms with van der Waals surface area (Å²) in [5, 5.41) is 3.32. The van der Waals surface area contributed by atoms with Gasteiger partial charge in [-0.05, 0) is 12.1 Å². The molecule has 1 N–H and O–H groups in total. The third-order valence-corrected chi connectivity index (χ3v) is 2.38. The molecular weight excluding hydrogens is 184 g/mol. The predicted octanol–water partition coefficient (Wildman–Crippen LogP) is 3.48. The molecule has 2 nitrogen and oxygen atoms in total. The monoisotopic (exact) mass is 204 g/mol. The Kier molecular flexibility index (Phi) is 4.22. The van der Waals surface area contributed by atoms with Gasteiger partial charge in [0.2, 0.25) is 0 Å². The van der Waals surface area contributed by atoms with Crippen molar-refractivity contribution in [1.82, 2.24) is 0 Å². The van der Waals surface area contributed by atoms with E-state index in [1.165, 1.54) is 5.69 Å². The first-order valence-corrected chi connectivity index (χ1v) is 5.52. The molecule has 0 saturated carbocycles. The van der Waals surface area contributed by atoms with Gasteiger partial charge >= 0.3 is 0 Å². The number of benzene rings is 1. The van der Waals surface area contributed by atoms with Crippen LogP contribution in [-0.2, 0) is 0 Å². The summed E-state index contributed by atoms with van der Waals surface area (Å²) in [5.74, 6) is 0. The van der Waals surface area contributed by atoms with Crippen molar-refractivity contribution < 1.29 is 0 Å². The minimum Gasteiger partial charge on any atom is -0.373 e. The van der Waals surface area contributed by atoms with Gasteiger partial charge in [0, 0.05) is 25.7 Å². The zero-order valence-corrected chi connectivity index (χ0v) is 9.88. The van der Waals surface area contributed by atoms with Crippen LogP contribution in [0.2, 0.25) is 0 Å². The topological polar surface area (TPSA) is 15.3 Å². The number of nitrogens with zero attached hydrogens (tertiary/aromatic N) is 1. The number of hydrogen-bond acceptors (Lipinski definition) is 2. The molecule has 0 fully saturated rings. The molecule has 0 aromatic heterocycles. The van der Waals surface area contributed by atoms with Gasteiger partial charge < -0.3 is 10.2 Å². The van der Waals surface area contributed by atoms with Gasteiger partial charge in [-0.1, -0.05) is 32.6 Å². The predicted molar refractivity (Wildman–Crippen MR) is 68.4 cm³/mol. The first kappa shape index (κ1) is 11.6. The third kappa shape index (κ3) is 2.75. The lowest BCUT2D eigenvalue weighted by molar-refractivity contribution is 0.890. The highest BCUT2D eigenvalue weighted by Crippen LogP contribution is 2.28. The molecule has 2 rings (SSSR count). The second-order valence-corrected chi connectivity index (χ2v) is 3.42. The Balaban J connectivity index is 0.000000531. The third-order valence-electron chi connectivity index (χ3n) is 2.38. The summed E-state index contributed by atoms with van der Waals surface area (Å²) < 4.78 is 0. The molecule has 0 radical (unpaired) electrons. The van der Waals surface area contributed by atoms with Crippen molar-refractivity contribution in [2.24, 2.45) is 0 Å². The fraction of sp³-hybridized carbons (Fsp3) is 0.385. The van der Waals surface area contributed by atoms with Crippen LogP contribution in [-0.4, -0.2) is 13.6 Å². The maximum atomic E-state index is 3.97. The van der Waals surface area contributed by atoms with Gasteiger partial charge in [-0.2, -0.15) is 0 Å². The van der Waals surface area contributed by atoms with Crippen LogP contribution in [0.1, 0.15) is 20.3 Å². The highest BCUT2D eigenvalue weighted by Gasteiger charge is 2.11. The Morgan fingerprint density at radius 3 is 2.67 bits per heavy atom. The van der Waals surface area contributed by atoms with Crippen molar-refractivity contribution in [2.75, 3.05) is 23.8 Å². The molecule has 0 amide bonds. The summed E-state index contributed by atoms with van der Waals surface area (Å²) in [4.78, 5) is 2.25. The van der Waals surface area contributed by atoms with Crippen molar-refractivity contribution in [1.29, 1.82) is 0 Å². The Morgan fingerprint density at radius 1 is 1.27 bits per heavy atom. The van der Waals surface area contributed by atoms with E-state index in [9.17, 15) is 0 Å². The smallest absolute Gasteiger partial charge is 0.0619 e. The quantitative estimate of drug-likeness (QED) is 0.696. The second kappa shape index (κ2) is 5.44. The standard InChI is InChI=1S/C11H14N2.C2H6/c1-9-7-8-13(2)11-6-4-3-5-10(11)12-9;1-2/h3-6,12H,1,7-8H2,2H3;1-2H3. The minimum atomic E-state index is 1.01. The molecule has 0 bridgehead atoms. The van der Waals surface area contributed by atoms with Gasteiger partial charge in [0.15, 0.2) is 0 Å². The zero-order valence-electron chi connectivity index (χ0n) is 9.88. The van der Waals surface area contributed by atoms with Gasteiger partial charge in [0.25, 0.3) is 0 Å². The number of anilines is 2. The number of hydrogen-bond donors (Lipinski definition) is 1. The summed E-state index contributed by atoms with van der Waals surface area (Å²) in [6, 6.07) is 8.31. The Hall–Kier alpha value is -1.44. The molecular formula is C13H20N2. The van der Waals surface area contributed by atoms with Crippen molar-refractivity contribution in [3.05, 3.63) is 36.5 Å². The fourth-order valence-corrected chi connectivity index (χ4v) is 1.59. The lowest BCUT2D eigenvalue weighted by Gasteiger charge is -2.17. The molecule has 0 saturated heterocycles. The van der Waals surface area contributed by atoms with Gasteiger partial charge in [-0.3, -0.25) is 0 Å². The highest BCUT2D eigenvalue weighted by molar-refractivity contribution is 5.72. The van der Waals surface area contributed by atoms with Crippen molar-refractivity contribution >= 4 is 11.4 Å². The summed E-state index contributed by atoms with van der Waals surface area (Å²) in [6.45, 7) is 9.00. The molecule has 0 spiro atoms. The van der Waals surface area contributed by atoms with E-state index in [0.29, 0.717) is 0 Å². The summed E-state index contributed by atoms with van der Waals surface area (Å²) in [5.41, 5.74) is 3.51. The van der Waals surface area contributed by atoms with Crippen LogP contribution in [0.15, 0.2) is 36.5 Å². The van der Waals surface area contributed by atoms with Crippen molar-refractivity contribution in [3.63, 3.8) is 0 Å². The largest absolute Gasteiger partial charge is 0.373 e. The molecule has 0 unspecified atom stereocenters. The number of para-hydroxylation sites is 2. The van der Waals surface area contributed by atoms with Gasteiger partial charge in [0.05, 0.1) is 11.4 Å². The zero-order chi connectivity index (χ0) is 11.3. The Labute approximate surface area is 92.6 Å². The van der Waals surface area contributed by atoms with Crippen molar-refractivity contribution in [2.45, 2.75) is 20.3 Å². The van der Waals surface area contributed by atoms with Crippen LogP contribution in [0.5, 0.6) is 0 Å². The average molecular weight is 204 g/mol. The molecule has 15 heavy (non-hydrogen) atoms. The molecule has 2 heteroatoms. The number of fused-ring (bicyclic) bond motifs is 1. The Bertz CT molecular complexity index is 331. The van der Waals surface area contributed by atoms with E-state index >= 15 is 0 Å². The maximum absolute atomic E-state index is 3.97. The normalized spacial score (nSPS) is 14.3. The van der Waals surface area contributed by atoms with Crippen LogP contribution in [0.25, 0.3) is 0 Å². The van der Waals surface area contributed by atoms with Crippen LogP contribution in [0, 0.1) is 0 Å². The van der Waals surface area contributed by atoms with E-state index in [4.69, 9.17) is 0 Å². The van der Waals surface area contributed by atoms with Gasteiger partial charge in [0.1, 0.15) is 0 Å². The van der Waals surface area contributed by atoms with Gasteiger partial charge in [-0.15, -0.1) is 0 Å². The molecule has 1 aromatic carbocycles. The number of nitrogens with one attached hydrogen (secondary N) is 1. The van der Waals surface area contributed by atoms with Crippen LogP contribution < -0.4 is 10.2 Å². The SMILES string of the molecule is C=C1CCN(C)c2ccccc2N1.CC. The first-order chi connectivity index (χ1) is 7.27. The molecule has 1 aliphatic rings. The average Bonchev–Trinajstić information content (AvgIpc) is 2.42. The highest BCUT2D eigenvalue weighted by atomic mass is 15.1. The summed E-state index contributed by atoms with van der Waals surface area (Å²) >= 11 is 0. The Morgan fingerprint density at radius 2 is 1.93 bits per heavy atom. The van der Waals surface area contributed by atoms with Crippen LogP contribution >= 0.6 is 0 Å². The van der Waals surface area contributed by atoms with Gasteiger partial charge in [-0.25, -0.2) is 0 Å². The molecule has 0 aliphatic carbocycles. The molecule has 1 heterocycles. The van der Waals surface area contributed by atoms with E-state index in [1.807, 2.05) is 19.9 Å². The van der Waals surface area contributed by atoms with Crippen molar-refractivity contribution in [3.8, 4) is 0 Å². The molecule has 82 valence electrons. The lowest BCUT2D eigenvalue weighted by atomic mass is 10.2. The van der Waals surface area contributed by atoms with E-state index in [-0.39, 0.29) is 0 Å². The maximum Gasteiger partial charge on any atom is 0.0619 e. The number of rotatable bonds is 0. The fourth-order valence-electron chi connectivity index (χ4n) is 1.59. The lowest BCUT2D eigenvalue weighted by Crippen LogP contribution is -2.16. The minimum absolute atomic E-state index is 1.01. The second-order valence-electron chi connectivity index (χ2n) is 3.42. The van der Waals surface area contributed by atoms with E-state index < -0.39 is 0 Å². The first-order valence-electron chi connectivity index (χ1n) is 5.52. The molecule has 1 aromatic rings. The van der Waals surface area contributed by atoms with Crippen LogP contribution in [0.3, 0.4) is 0 Å².